The lowest BCUT2D eigenvalue weighted by Crippen LogP contribution is -2.46. The number of amides is 2. The van der Waals surface area contributed by atoms with Crippen LogP contribution in [-0.4, -0.2) is 92.1 Å². The smallest absolute Gasteiger partial charge is 0.317 e. The van der Waals surface area contributed by atoms with Crippen LogP contribution in [0.15, 0.2) is 42.7 Å². The van der Waals surface area contributed by atoms with Gasteiger partial charge in [0.15, 0.2) is 0 Å². The normalized spacial score (nSPS) is 13.1. The van der Waals surface area contributed by atoms with Crippen LogP contribution in [-0.2, 0) is 12.8 Å². The Morgan fingerprint density at radius 1 is 1.07 bits per heavy atom. The van der Waals surface area contributed by atoms with Crippen molar-refractivity contribution in [2.45, 2.75) is 58.4 Å². The fourth-order valence-electron chi connectivity index (χ4n) is 5.03. The molecule has 0 fully saturated rings. The Morgan fingerprint density at radius 2 is 1.79 bits per heavy atom. The molecule has 1 unspecified atom stereocenters. The van der Waals surface area contributed by atoms with E-state index in [9.17, 15) is 9.90 Å². The van der Waals surface area contributed by atoms with Crippen molar-refractivity contribution in [3.63, 3.8) is 0 Å². The van der Waals surface area contributed by atoms with Gasteiger partial charge in [-0.05, 0) is 70.5 Å². The topological polar surface area (TPSA) is 108 Å². The summed E-state index contributed by atoms with van der Waals surface area (Å²) in [5, 5.41) is 16.6. The third-order valence-corrected chi connectivity index (χ3v) is 7.59. The SMILES string of the molecule is C=C(O)C(CCN(CCCCc1ccc2c(n1)NCCC2)CCOc1cc(OC)cc(OC)c1)NC(=O)N(CC)CC. The van der Waals surface area contributed by atoms with E-state index < -0.39 is 6.04 Å². The van der Waals surface area contributed by atoms with Crippen LogP contribution in [0.3, 0.4) is 0 Å². The maximum atomic E-state index is 12.6. The maximum absolute atomic E-state index is 12.6. The molecule has 0 saturated heterocycles. The molecular weight excluding hydrogens is 534 g/mol. The summed E-state index contributed by atoms with van der Waals surface area (Å²) in [6.07, 6.45) is 5.68. The molecule has 10 heteroatoms. The zero-order valence-corrected chi connectivity index (χ0v) is 25.8. The molecule has 0 aliphatic carbocycles. The van der Waals surface area contributed by atoms with Gasteiger partial charge < -0.3 is 34.9 Å². The minimum absolute atomic E-state index is 0.0396. The van der Waals surface area contributed by atoms with Crippen LogP contribution in [0.5, 0.6) is 17.2 Å². The molecule has 3 rings (SSSR count). The van der Waals surface area contributed by atoms with E-state index in [2.05, 4.69) is 34.2 Å². The molecule has 0 spiro atoms. The Hall–Kier alpha value is -3.66. The van der Waals surface area contributed by atoms with Crippen molar-refractivity contribution < 1.29 is 24.1 Å². The number of aliphatic hydroxyl groups is 1. The monoisotopic (exact) mass is 583 g/mol. The van der Waals surface area contributed by atoms with E-state index in [0.29, 0.717) is 56.5 Å². The van der Waals surface area contributed by atoms with Crippen molar-refractivity contribution in [3.8, 4) is 17.2 Å². The number of methoxy groups -OCH3 is 2. The standard InChI is InChI=1S/C32H49N5O5/c1-6-37(7-2)32(39)35-30(24(3)38)15-18-36(19-20-42-29-22-27(40-4)21-28(23-29)41-5)17-9-8-12-26-14-13-25-11-10-16-33-31(25)34-26/h13-14,21-23,30,38H,3,6-12,15-20H2,1-2,4-5H3,(H,33,34)(H,35,39). The number of hydrogen-bond acceptors (Lipinski definition) is 8. The number of aryl methyl sites for hydroxylation is 2. The van der Waals surface area contributed by atoms with Gasteiger partial charge in [-0.2, -0.15) is 0 Å². The van der Waals surface area contributed by atoms with Gasteiger partial charge >= 0.3 is 6.03 Å². The van der Waals surface area contributed by atoms with E-state index in [1.807, 2.05) is 26.0 Å². The third kappa shape index (κ3) is 10.3. The van der Waals surface area contributed by atoms with Crippen LogP contribution < -0.4 is 24.8 Å². The largest absolute Gasteiger partial charge is 0.511 e. The van der Waals surface area contributed by atoms with Gasteiger partial charge in [-0.3, -0.25) is 4.90 Å². The van der Waals surface area contributed by atoms with E-state index in [1.54, 1.807) is 25.2 Å². The molecule has 0 bridgehead atoms. The number of unbranched alkanes of at least 4 members (excludes halogenated alkanes) is 1. The summed E-state index contributed by atoms with van der Waals surface area (Å²) in [6, 6.07) is 9.10. The minimum atomic E-state index is -0.531. The second-order valence-corrected chi connectivity index (χ2v) is 10.5. The summed E-state index contributed by atoms with van der Waals surface area (Å²) in [6.45, 7) is 12.4. The van der Waals surface area contributed by atoms with E-state index >= 15 is 0 Å². The summed E-state index contributed by atoms with van der Waals surface area (Å²) in [5.41, 5.74) is 2.42. The molecule has 0 radical (unpaired) electrons. The van der Waals surface area contributed by atoms with Gasteiger partial charge in [-0.1, -0.05) is 12.6 Å². The van der Waals surface area contributed by atoms with Crippen molar-refractivity contribution in [1.29, 1.82) is 0 Å². The van der Waals surface area contributed by atoms with E-state index in [4.69, 9.17) is 19.2 Å². The lowest BCUT2D eigenvalue weighted by molar-refractivity contribution is 0.183. The Balaban J connectivity index is 1.58. The number of hydrogen-bond donors (Lipinski definition) is 3. The second-order valence-electron chi connectivity index (χ2n) is 10.5. The van der Waals surface area contributed by atoms with Crippen LogP contribution in [0.1, 0.15) is 50.8 Å². The zero-order valence-electron chi connectivity index (χ0n) is 25.8. The van der Waals surface area contributed by atoms with Crippen molar-refractivity contribution in [3.05, 3.63) is 53.9 Å². The zero-order chi connectivity index (χ0) is 30.3. The molecule has 232 valence electrons. The molecule has 3 N–H and O–H groups in total. The first-order valence-corrected chi connectivity index (χ1v) is 15.1. The summed E-state index contributed by atoms with van der Waals surface area (Å²) in [7, 11) is 3.22. The fraction of sp³-hybridized carbons (Fsp3) is 0.562. The minimum Gasteiger partial charge on any atom is -0.511 e. The molecular formula is C32H49N5O5. The van der Waals surface area contributed by atoms with Crippen molar-refractivity contribution >= 4 is 11.8 Å². The summed E-state index contributed by atoms with van der Waals surface area (Å²) < 4.78 is 16.8. The number of anilines is 1. The average Bonchev–Trinajstić information content (AvgIpc) is 3.00. The number of aromatic nitrogens is 1. The predicted molar refractivity (Wildman–Crippen MR) is 167 cm³/mol. The van der Waals surface area contributed by atoms with Gasteiger partial charge in [0.25, 0.3) is 0 Å². The number of rotatable bonds is 18. The lowest BCUT2D eigenvalue weighted by atomic mass is 10.1. The van der Waals surface area contributed by atoms with Gasteiger partial charge in [0.1, 0.15) is 35.4 Å². The number of fused-ring (bicyclic) bond motifs is 1. The number of nitrogens with one attached hydrogen (secondary N) is 2. The molecule has 1 aromatic heterocycles. The van der Waals surface area contributed by atoms with Crippen LogP contribution in [0, 0.1) is 0 Å². The number of aliphatic hydroxyl groups excluding tert-OH is 1. The second kappa shape index (κ2) is 17.3. The predicted octanol–water partition coefficient (Wildman–Crippen LogP) is 5.04. The molecule has 2 heterocycles. The Labute approximate surface area is 251 Å². The molecule has 1 aromatic carbocycles. The van der Waals surface area contributed by atoms with Crippen LogP contribution >= 0.6 is 0 Å². The highest BCUT2D eigenvalue weighted by atomic mass is 16.5. The fourth-order valence-corrected chi connectivity index (χ4v) is 5.03. The molecule has 42 heavy (non-hydrogen) atoms. The number of urea groups is 1. The first kappa shape index (κ1) is 32.8. The number of ether oxygens (including phenoxy) is 3. The molecule has 10 nitrogen and oxygen atoms in total. The molecule has 1 aliphatic heterocycles. The molecule has 0 saturated carbocycles. The van der Waals surface area contributed by atoms with E-state index in [1.165, 1.54) is 5.56 Å². The average molecular weight is 584 g/mol. The molecule has 2 aromatic rings. The maximum Gasteiger partial charge on any atom is 0.317 e. The highest BCUT2D eigenvalue weighted by Crippen LogP contribution is 2.27. The Morgan fingerprint density at radius 3 is 2.45 bits per heavy atom. The molecule has 2 amide bonds. The first-order chi connectivity index (χ1) is 20.4. The van der Waals surface area contributed by atoms with Gasteiger partial charge in [-0.15, -0.1) is 0 Å². The summed E-state index contributed by atoms with van der Waals surface area (Å²) in [5.74, 6) is 3.00. The Kier molecular flexibility index (Phi) is 13.6. The van der Waals surface area contributed by atoms with Gasteiger partial charge in [-0.25, -0.2) is 9.78 Å². The number of pyridine rings is 1. The van der Waals surface area contributed by atoms with Gasteiger partial charge in [0.05, 0.1) is 20.3 Å². The summed E-state index contributed by atoms with van der Waals surface area (Å²) in [4.78, 5) is 21.5. The van der Waals surface area contributed by atoms with Crippen molar-refractivity contribution in [1.82, 2.24) is 20.1 Å². The quantitative estimate of drug-likeness (QED) is 0.165. The number of carbonyl (C=O) groups excluding carboxylic acids is 1. The van der Waals surface area contributed by atoms with Crippen molar-refractivity contribution in [2.24, 2.45) is 0 Å². The van der Waals surface area contributed by atoms with Crippen LogP contribution in [0.2, 0.25) is 0 Å². The van der Waals surface area contributed by atoms with Gasteiger partial charge in [0.2, 0.25) is 0 Å². The third-order valence-electron chi connectivity index (χ3n) is 7.59. The van der Waals surface area contributed by atoms with E-state index in [0.717, 1.165) is 56.7 Å². The Bertz CT molecular complexity index is 1120. The molecule has 1 atom stereocenters. The lowest BCUT2D eigenvalue weighted by Gasteiger charge is -2.27. The highest BCUT2D eigenvalue weighted by molar-refractivity contribution is 5.74. The number of carbonyl (C=O) groups is 1. The van der Waals surface area contributed by atoms with E-state index in [-0.39, 0.29) is 11.8 Å². The summed E-state index contributed by atoms with van der Waals surface area (Å²) >= 11 is 0. The van der Waals surface area contributed by atoms with Crippen LogP contribution in [0.25, 0.3) is 0 Å². The first-order valence-electron chi connectivity index (χ1n) is 15.1. The van der Waals surface area contributed by atoms with Gasteiger partial charge in [0, 0.05) is 56.6 Å². The highest BCUT2D eigenvalue weighted by Gasteiger charge is 2.20. The van der Waals surface area contributed by atoms with Crippen molar-refractivity contribution in [2.75, 3.05) is 65.4 Å². The number of nitrogens with zero attached hydrogens (tertiary/aromatic N) is 3. The molecule has 1 aliphatic rings. The number of benzene rings is 1. The van der Waals surface area contributed by atoms with Crippen LogP contribution in [0.4, 0.5) is 10.6 Å².